The average molecular weight is 397 g/mol. The van der Waals surface area contributed by atoms with Crippen molar-refractivity contribution in [2.45, 2.75) is 51.9 Å². The van der Waals surface area contributed by atoms with Gasteiger partial charge in [-0.2, -0.15) is 0 Å². The van der Waals surface area contributed by atoms with Gasteiger partial charge in [0.25, 0.3) is 0 Å². The lowest BCUT2D eigenvalue weighted by molar-refractivity contribution is -0.0432. The highest BCUT2D eigenvalue weighted by Gasteiger charge is 2.40. The van der Waals surface area contributed by atoms with Gasteiger partial charge >= 0.3 is 13.2 Å². The molecule has 1 aromatic heterocycles. The van der Waals surface area contributed by atoms with E-state index in [4.69, 9.17) is 30.4 Å². The molecule has 27 heavy (non-hydrogen) atoms. The molecule has 9 heteroatoms. The lowest BCUT2D eigenvalue weighted by Gasteiger charge is -2.34. The Morgan fingerprint density at radius 3 is 2.78 bits per heavy atom. The minimum absolute atomic E-state index is 0.320. The van der Waals surface area contributed by atoms with Crippen molar-refractivity contribution < 1.29 is 23.6 Å². The van der Waals surface area contributed by atoms with Crippen LogP contribution in [0.5, 0.6) is 0 Å². The molecule has 1 amide bonds. The lowest BCUT2D eigenvalue weighted by Crippen LogP contribution is -2.45. The van der Waals surface area contributed by atoms with Gasteiger partial charge in [0.1, 0.15) is 16.9 Å². The Kier molecular flexibility index (Phi) is 5.73. The van der Waals surface area contributed by atoms with Crippen LogP contribution in [-0.4, -0.2) is 60.6 Å². The van der Waals surface area contributed by atoms with Crippen molar-refractivity contribution >= 4 is 30.4 Å². The monoisotopic (exact) mass is 396 g/mol. The molecule has 1 aromatic rings. The van der Waals surface area contributed by atoms with Gasteiger partial charge in [0.05, 0.1) is 31.0 Å². The van der Waals surface area contributed by atoms with Crippen molar-refractivity contribution in [3.8, 4) is 0 Å². The predicted octanol–water partition coefficient (Wildman–Crippen LogP) is 2.56. The summed E-state index contributed by atoms with van der Waals surface area (Å²) in [6.07, 6.45) is -0.666. The van der Waals surface area contributed by atoms with E-state index < -0.39 is 12.7 Å². The van der Waals surface area contributed by atoms with Crippen LogP contribution >= 0.6 is 11.6 Å². The van der Waals surface area contributed by atoms with Crippen molar-refractivity contribution in [1.82, 2.24) is 9.88 Å². The van der Waals surface area contributed by atoms with Crippen molar-refractivity contribution in [3.63, 3.8) is 0 Å². The molecule has 2 fully saturated rings. The first kappa shape index (κ1) is 20.4. The molecule has 2 saturated heterocycles. The number of nitrogens with zero attached hydrogens (tertiary/aromatic N) is 2. The minimum Gasteiger partial charge on any atom is -0.444 e. The fraction of sp³-hybridized carbons (Fsp3) is 0.667. The summed E-state index contributed by atoms with van der Waals surface area (Å²) in [5, 5.41) is 0.331. The molecule has 2 aliphatic rings. The molecule has 0 N–H and O–H groups in total. The van der Waals surface area contributed by atoms with Gasteiger partial charge in [0.2, 0.25) is 0 Å². The maximum Gasteiger partial charge on any atom is 0.514 e. The van der Waals surface area contributed by atoms with Crippen LogP contribution < -0.4 is 5.59 Å². The second-order valence-electron chi connectivity index (χ2n) is 8.45. The molecule has 0 bridgehead atoms. The maximum atomic E-state index is 12.4. The van der Waals surface area contributed by atoms with Crippen molar-refractivity contribution in [2.75, 3.05) is 26.3 Å². The van der Waals surface area contributed by atoms with Crippen LogP contribution in [-0.2, 0) is 18.8 Å². The number of halogens is 1. The standard InChI is InChI=1S/C18H26BClN2O5/c1-17(2,3)26-16(23)22-6-7-24-13(10-22)12-8-14(21-15(20)9-12)19-25-11-18(4,5)27-19/h8-9,13H,6-7,10-11H2,1-5H3. The topological polar surface area (TPSA) is 70.1 Å². The first-order valence-corrected chi connectivity index (χ1v) is 9.47. The second kappa shape index (κ2) is 7.58. The number of carbonyl (C=O) groups excluding carboxylic acids is 1. The summed E-state index contributed by atoms with van der Waals surface area (Å²) in [6.45, 7) is 11.2. The highest BCUT2D eigenvalue weighted by Crippen LogP contribution is 2.26. The van der Waals surface area contributed by atoms with Gasteiger partial charge < -0.3 is 23.7 Å². The number of carbonyl (C=O) groups is 1. The van der Waals surface area contributed by atoms with Gasteiger partial charge in [-0.05, 0) is 52.3 Å². The smallest absolute Gasteiger partial charge is 0.444 e. The molecular formula is C18H26BClN2O5. The summed E-state index contributed by atoms with van der Waals surface area (Å²) >= 11 is 6.22. The molecule has 3 heterocycles. The third kappa shape index (κ3) is 5.35. The third-order valence-electron chi connectivity index (χ3n) is 4.18. The van der Waals surface area contributed by atoms with E-state index in [1.165, 1.54) is 0 Å². The fourth-order valence-electron chi connectivity index (χ4n) is 2.97. The highest BCUT2D eigenvalue weighted by atomic mass is 35.5. The molecule has 0 saturated carbocycles. The van der Waals surface area contributed by atoms with Crippen LogP contribution in [0.15, 0.2) is 12.1 Å². The van der Waals surface area contributed by atoms with Crippen LogP contribution in [0.4, 0.5) is 4.79 Å². The Labute approximate surface area is 165 Å². The summed E-state index contributed by atoms with van der Waals surface area (Å²) in [5.74, 6) is 0. The number of hydrogen-bond donors (Lipinski definition) is 0. The van der Waals surface area contributed by atoms with Crippen LogP contribution in [0.25, 0.3) is 0 Å². The fourth-order valence-corrected chi connectivity index (χ4v) is 3.19. The molecule has 3 rings (SSSR count). The van der Waals surface area contributed by atoms with E-state index in [0.717, 1.165) is 5.56 Å². The molecular weight excluding hydrogens is 370 g/mol. The van der Waals surface area contributed by atoms with Crippen molar-refractivity contribution in [2.24, 2.45) is 0 Å². The lowest BCUT2D eigenvalue weighted by atomic mass is 9.83. The predicted molar refractivity (Wildman–Crippen MR) is 102 cm³/mol. The zero-order valence-electron chi connectivity index (χ0n) is 16.5. The Morgan fingerprint density at radius 1 is 1.41 bits per heavy atom. The number of rotatable bonds is 2. The number of hydrogen-bond acceptors (Lipinski definition) is 6. The Bertz CT molecular complexity index is 709. The van der Waals surface area contributed by atoms with E-state index in [1.54, 1.807) is 11.0 Å². The zero-order chi connectivity index (χ0) is 19.8. The minimum atomic E-state index is -0.567. The Morgan fingerprint density at radius 2 is 2.15 bits per heavy atom. The average Bonchev–Trinajstić information content (AvgIpc) is 2.93. The normalized spacial score (nSPS) is 22.8. The third-order valence-corrected chi connectivity index (χ3v) is 4.37. The van der Waals surface area contributed by atoms with Gasteiger partial charge in [-0.25, -0.2) is 9.78 Å². The van der Waals surface area contributed by atoms with Crippen LogP contribution in [0.1, 0.15) is 46.3 Å². The summed E-state index contributed by atoms with van der Waals surface area (Å²) in [4.78, 5) is 18.4. The first-order chi connectivity index (χ1) is 12.5. The van der Waals surface area contributed by atoms with E-state index >= 15 is 0 Å². The summed E-state index contributed by atoms with van der Waals surface area (Å²) in [6, 6.07) is 3.61. The Balaban J connectivity index is 1.75. The second-order valence-corrected chi connectivity index (χ2v) is 8.84. The number of amides is 1. The van der Waals surface area contributed by atoms with E-state index in [0.29, 0.717) is 37.0 Å². The molecule has 0 aromatic carbocycles. The molecule has 1 unspecified atom stereocenters. The number of pyridine rings is 1. The first-order valence-electron chi connectivity index (χ1n) is 9.09. The zero-order valence-corrected chi connectivity index (χ0v) is 17.2. The van der Waals surface area contributed by atoms with Gasteiger partial charge in [0.15, 0.2) is 0 Å². The number of ether oxygens (including phenoxy) is 2. The molecule has 2 aliphatic heterocycles. The molecule has 0 radical (unpaired) electrons. The largest absolute Gasteiger partial charge is 0.514 e. The highest BCUT2D eigenvalue weighted by molar-refractivity contribution is 6.61. The van der Waals surface area contributed by atoms with Crippen LogP contribution in [0, 0.1) is 0 Å². The van der Waals surface area contributed by atoms with Crippen LogP contribution in [0.3, 0.4) is 0 Å². The summed E-state index contributed by atoms with van der Waals surface area (Å²) in [7, 11) is -0.567. The van der Waals surface area contributed by atoms with E-state index in [1.807, 2.05) is 40.7 Å². The van der Waals surface area contributed by atoms with Crippen LogP contribution in [0.2, 0.25) is 5.15 Å². The van der Waals surface area contributed by atoms with Gasteiger partial charge in [0, 0.05) is 6.54 Å². The summed E-state index contributed by atoms with van der Waals surface area (Å²) < 4.78 is 22.9. The van der Waals surface area contributed by atoms with Crippen molar-refractivity contribution in [3.05, 3.63) is 22.8 Å². The quantitative estimate of drug-likeness (QED) is 0.565. The van der Waals surface area contributed by atoms with Gasteiger partial charge in [-0.1, -0.05) is 11.6 Å². The molecule has 7 nitrogen and oxygen atoms in total. The number of morpholine rings is 1. The van der Waals surface area contributed by atoms with Gasteiger partial charge in [-0.15, -0.1) is 0 Å². The molecule has 1 atom stereocenters. The summed E-state index contributed by atoms with van der Waals surface area (Å²) in [5.41, 5.74) is 0.516. The maximum absolute atomic E-state index is 12.4. The molecule has 148 valence electrons. The van der Waals surface area contributed by atoms with E-state index in [2.05, 4.69) is 4.98 Å². The number of aromatic nitrogens is 1. The van der Waals surface area contributed by atoms with Crippen molar-refractivity contribution in [1.29, 1.82) is 0 Å². The Hall–Kier alpha value is -1.35. The van der Waals surface area contributed by atoms with E-state index in [-0.39, 0.29) is 17.8 Å². The van der Waals surface area contributed by atoms with E-state index in [9.17, 15) is 4.79 Å². The SMILES string of the molecule is CC(C)(C)OC(=O)N1CCOC(c2cc(Cl)nc(B3OCC(C)(C)O3)c2)C1. The molecule has 0 spiro atoms. The molecule has 0 aliphatic carbocycles. The van der Waals surface area contributed by atoms with Gasteiger partial charge in [-0.3, -0.25) is 0 Å².